The molecular weight excluding hydrogens is 227 g/mol. The van der Waals surface area contributed by atoms with Crippen molar-refractivity contribution in [1.29, 1.82) is 0 Å². The number of hydrogen-bond donors (Lipinski definition) is 1. The molecule has 2 heterocycles. The fourth-order valence-corrected chi connectivity index (χ4v) is 1.31. The Balaban J connectivity index is 0.000000583. The van der Waals surface area contributed by atoms with E-state index in [9.17, 15) is 4.79 Å². The molecule has 0 aliphatic carbocycles. The van der Waals surface area contributed by atoms with Crippen LogP contribution in [0.3, 0.4) is 0 Å². The average molecular weight is 244 g/mol. The summed E-state index contributed by atoms with van der Waals surface area (Å²) in [7, 11) is 1.82. The second kappa shape index (κ2) is 7.63. The number of nitrogens with zero attached hydrogens (tertiary/aromatic N) is 3. The number of hydrogen-bond acceptors (Lipinski definition) is 4. The maximum absolute atomic E-state index is 11.2. The van der Waals surface area contributed by atoms with Crippen LogP contribution in [-0.4, -0.2) is 29.5 Å². The summed E-state index contributed by atoms with van der Waals surface area (Å²) < 4.78 is 0. The fourth-order valence-electron chi connectivity index (χ4n) is 1.31. The van der Waals surface area contributed by atoms with Gasteiger partial charge in [-0.05, 0) is 18.4 Å². The van der Waals surface area contributed by atoms with Gasteiger partial charge in [-0.25, -0.2) is 0 Å². The number of likely N-dealkylation sites (N-methyl/N-ethyl adjacent to an activating group) is 1. The second-order valence-corrected chi connectivity index (χ2v) is 3.72. The Bertz CT molecular complexity index is 384. The summed E-state index contributed by atoms with van der Waals surface area (Å²) in [6, 6.07) is 0. The maximum atomic E-state index is 11.2. The molecule has 1 amide bonds. The quantitative estimate of drug-likeness (QED) is 0.441. The number of fused-ring (bicyclic) bond motifs is 1. The van der Waals surface area contributed by atoms with Gasteiger partial charge in [0.15, 0.2) is 0 Å². The minimum Gasteiger partial charge on any atom is -0.402 e. The Labute approximate surface area is 124 Å². The first-order valence-corrected chi connectivity index (χ1v) is 5.35. The van der Waals surface area contributed by atoms with Gasteiger partial charge in [-0.15, -0.1) is 0 Å². The maximum Gasteiger partial charge on any atom is 1.00 e. The largest absolute Gasteiger partial charge is 1.00 e. The second-order valence-electron chi connectivity index (χ2n) is 3.72. The van der Waals surface area contributed by atoms with Gasteiger partial charge in [-0.2, -0.15) is 0 Å². The van der Waals surface area contributed by atoms with E-state index in [1.807, 2.05) is 14.0 Å². The minimum absolute atomic E-state index is 0. The molecule has 5 nitrogen and oxygen atoms in total. The van der Waals surface area contributed by atoms with Crippen LogP contribution in [0.1, 0.15) is 26.0 Å². The summed E-state index contributed by atoms with van der Waals surface area (Å²) >= 11 is 0. The molecule has 1 aromatic heterocycles. The van der Waals surface area contributed by atoms with Crippen LogP contribution in [0, 0.1) is 13.3 Å². The molecule has 0 radical (unpaired) electrons. The van der Waals surface area contributed by atoms with Crippen molar-refractivity contribution in [2.45, 2.75) is 27.2 Å². The first-order chi connectivity index (χ1) is 7.60. The molecule has 0 spiro atoms. The number of amides is 1. The summed E-state index contributed by atoms with van der Waals surface area (Å²) in [4.78, 5) is 20.8. The number of aryl methyl sites for hydroxylation is 1. The van der Waals surface area contributed by atoms with Crippen molar-refractivity contribution < 1.29 is 34.4 Å². The third-order valence-corrected chi connectivity index (χ3v) is 1.97. The molecule has 1 aromatic rings. The smallest absolute Gasteiger partial charge is 0.402 e. The van der Waals surface area contributed by atoms with Crippen molar-refractivity contribution in [2.24, 2.45) is 0 Å². The van der Waals surface area contributed by atoms with Crippen LogP contribution in [0.5, 0.6) is 0 Å². The van der Waals surface area contributed by atoms with E-state index < -0.39 is 0 Å². The van der Waals surface area contributed by atoms with Gasteiger partial charge in [0.05, 0.1) is 6.54 Å². The molecule has 0 atom stereocenters. The molecule has 88 valence electrons. The van der Waals surface area contributed by atoms with E-state index in [0.717, 1.165) is 11.5 Å². The van der Waals surface area contributed by atoms with Gasteiger partial charge in [-0.1, -0.05) is 27.2 Å². The van der Waals surface area contributed by atoms with Crippen LogP contribution in [-0.2, 0) is 4.79 Å². The van der Waals surface area contributed by atoms with E-state index in [4.69, 9.17) is 0 Å². The molecule has 0 fully saturated rings. The average Bonchev–Trinajstić information content (AvgIpc) is 2.21. The molecule has 1 aliphatic rings. The van der Waals surface area contributed by atoms with E-state index >= 15 is 0 Å². The third-order valence-electron chi connectivity index (χ3n) is 1.97. The molecule has 0 unspecified atom stereocenters. The Morgan fingerprint density at radius 3 is 2.59 bits per heavy atom. The Morgan fingerprint density at radius 2 is 2.00 bits per heavy atom. The van der Waals surface area contributed by atoms with Crippen LogP contribution in [0.25, 0.3) is 0 Å². The predicted octanol–water partition coefficient (Wildman–Crippen LogP) is -1.61. The molecule has 0 aromatic carbocycles. The number of carbonyl (C=O) groups is 1. The molecule has 6 heteroatoms. The Morgan fingerprint density at radius 1 is 1.41 bits per heavy atom. The summed E-state index contributed by atoms with van der Waals surface area (Å²) in [5, 5.41) is 2.73. The van der Waals surface area contributed by atoms with Gasteiger partial charge in [0.25, 0.3) is 0 Å². The van der Waals surface area contributed by atoms with Crippen molar-refractivity contribution in [1.82, 2.24) is 9.97 Å². The normalized spacial score (nSPS) is 12.7. The minimum atomic E-state index is -0.0344. The van der Waals surface area contributed by atoms with E-state index in [2.05, 4.69) is 35.5 Å². The van der Waals surface area contributed by atoms with Crippen LogP contribution < -0.4 is 39.8 Å². The number of carbonyl (C=O) groups excluding carboxylic acids is 1. The zero-order valence-electron chi connectivity index (χ0n) is 11.2. The van der Waals surface area contributed by atoms with Gasteiger partial charge in [-0.3, -0.25) is 4.79 Å². The summed E-state index contributed by atoms with van der Waals surface area (Å²) in [5.74, 6) is 0.694. The molecule has 0 saturated carbocycles. The first kappa shape index (κ1) is 16.4. The van der Waals surface area contributed by atoms with Gasteiger partial charge in [0, 0.05) is 12.1 Å². The Hall–Kier alpha value is -0.650. The molecule has 1 N–H and O–H groups in total. The van der Waals surface area contributed by atoms with Crippen molar-refractivity contribution in [3.8, 4) is 0 Å². The van der Waals surface area contributed by atoms with Crippen LogP contribution >= 0.6 is 0 Å². The topological polar surface area (TPSA) is 58.1 Å². The van der Waals surface area contributed by atoms with Crippen molar-refractivity contribution >= 4 is 17.4 Å². The fraction of sp³-hybridized carbons (Fsp3) is 0.545. The molecule has 0 saturated heterocycles. The van der Waals surface area contributed by atoms with Crippen LogP contribution in [0.15, 0.2) is 0 Å². The number of nitrogens with one attached hydrogen (secondary N) is 1. The Kier molecular flexibility index (Phi) is 7.34. The molecule has 0 bridgehead atoms. The zero-order chi connectivity index (χ0) is 12.1. The van der Waals surface area contributed by atoms with Gasteiger partial charge < -0.3 is 20.2 Å². The molecule has 17 heavy (non-hydrogen) atoms. The molecular formula is C11H17N4NaO. The zero-order valence-corrected chi connectivity index (χ0v) is 13.2. The monoisotopic (exact) mass is 244 g/mol. The number of rotatable bonds is 0. The summed E-state index contributed by atoms with van der Waals surface area (Å²) in [5.41, 5.74) is 1.43. The van der Waals surface area contributed by atoms with Crippen LogP contribution in [0.4, 0.5) is 11.5 Å². The van der Waals surface area contributed by atoms with Crippen LogP contribution in [0.2, 0.25) is 0 Å². The van der Waals surface area contributed by atoms with Crippen molar-refractivity contribution in [3.05, 3.63) is 12.0 Å². The van der Waals surface area contributed by atoms with E-state index in [-0.39, 0.29) is 35.5 Å². The first-order valence-electron chi connectivity index (χ1n) is 5.35. The molecule has 2 rings (SSSR count). The number of anilines is 2. The SMILES string of the molecule is CCC.Cc1n[c-]nc2c1NC(=O)CN2C.[Na+]. The van der Waals surface area contributed by atoms with Gasteiger partial charge in [0.1, 0.15) is 0 Å². The van der Waals surface area contributed by atoms with E-state index in [1.165, 1.54) is 6.42 Å². The number of aromatic nitrogens is 2. The third kappa shape index (κ3) is 4.26. The predicted molar refractivity (Wildman–Crippen MR) is 63.5 cm³/mol. The standard InChI is InChI=1S/C8H9N4O.C3H8.Na/c1-5-7-8(10-4-9-5)12(2)3-6(13)11-7;1-3-2;/h3H2,1-2H3,(H,11,13);3H2,1-2H3;/q-1;;+1. The van der Waals surface area contributed by atoms with Crippen molar-refractivity contribution in [3.63, 3.8) is 0 Å². The summed E-state index contributed by atoms with van der Waals surface area (Å²) in [6.07, 6.45) is 3.79. The van der Waals surface area contributed by atoms with E-state index in [1.54, 1.807) is 4.90 Å². The molecule has 1 aliphatic heterocycles. The van der Waals surface area contributed by atoms with E-state index in [0.29, 0.717) is 12.2 Å². The van der Waals surface area contributed by atoms with Gasteiger partial charge in [0.2, 0.25) is 5.91 Å². The van der Waals surface area contributed by atoms with Crippen molar-refractivity contribution in [2.75, 3.05) is 23.8 Å². The van der Waals surface area contributed by atoms with Gasteiger partial charge >= 0.3 is 29.6 Å². The summed E-state index contributed by atoms with van der Waals surface area (Å²) in [6.45, 7) is 6.40.